The standard InChI is InChI=1S/C12H13FO6/c1-17-10-7(11(15)18-2)4-6(5-8(10)13)9(14)12(16)19-3/h4-5,9,14H,1-3H3. The number of aliphatic hydroxyl groups is 1. The molecule has 0 fully saturated rings. The van der Waals surface area contributed by atoms with Crippen molar-refractivity contribution >= 4 is 11.9 Å². The molecule has 0 saturated heterocycles. The summed E-state index contributed by atoms with van der Waals surface area (Å²) in [5.41, 5.74) is -0.367. The molecule has 104 valence electrons. The van der Waals surface area contributed by atoms with Crippen molar-refractivity contribution < 1.29 is 33.3 Å². The van der Waals surface area contributed by atoms with Crippen molar-refractivity contribution in [1.29, 1.82) is 0 Å². The third kappa shape index (κ3) is 3.00. The second kappa shape index (κ2) is 6.14. The van der Waals surface area contributed by atoms with Gasteiger partial charge in [0.25, 0.3) is 0 Å². The van der Waals surface area contributed by atoms with Gasteiger partial charge in [-0.25, -0.2) is 14.0 Å². The summed E-state index contributed by atoms with van der Waals surface area (Å²) >= 11 is 0. The van der Waals surface area contributed by atoms with Crippen LogP contribution in [0.4, 0.5) is 4.39 Å². The number of benzene rings is 1. The molecule has 0 spiro atoms. The third-order valence-electron chi connectivity index (χ3n) is 2.42. The molecule has 1 rings (SSSR count). The monoisotopic (exact) mass is 272 g/mol. The van der Waals surface area contributed by atoms with E-state index in [0.717, 1.165) is 26.4 Å². The van der Waals surface area contributed by atoms with Crippen LogP contribution in [0.25, 0.3) is 0 Å². The first-order valence-electron chi connectivity index (χ1n) is 5.17. The van der Waals surface area contributed by atoms with Gasteiger partial charge in [0.05, 0.1) is 21.3 Å². The van der Waals surface area contributed by atoms with Crippen LogP contribution in [-0.4, -0.2) is 38.4 Å². The summed E-state index contributed by atoms with van der Waals surface area (Å²) in [6.07, 6.45) is -1.70. The minimum atomic E-state index is -1.70. The number of esters is 2. The van der Waals surface area contributed by atoms with Crippen molar-refractivity contribution in [3.05, 3.63) is 29.1 Å². The Morgan fingerprint density at radius 3 is 2.32 bits per heavy atom. The average molecular weight is 272 g/mol. The zero-order valence-corrected chi connectivity index (χ0v) is 10.6. The first-order valence-corrected chi connectivity index (χ1v) is 5.17. The van der Waals surface area contributed by atoms with Gasteiger partial charge in [-0.15, -0.1) is 0 Å². The van der Waals surface area contributed by atoms with Crippen LogP contribution in [0.3, 0.4) is 0 Å². The van der Waals surface area contributed by atoms with E-state index < -0.39 is 23.9 Å². The minimum Gasteiger partial charge on any atom is -0.493 e. The van der Waals surface area contributed by atoms with Gasteiger partial charge in [0.1, 0.15) is 5.56 Å². The van der Waals surface area contributed by atoms with Crippen molar-refractivity contribution in [3.8, 4) is 5.75 Å². The second-order valence-electron chi connectivity index (χ2n) is 3.50. The number of carbonyl (C=O) groups excluding carboxylic acids is 2. The smallest absolute Gasteiger partial charge is 0.341 e. The topological polar surface area (TPSA) is 82.1 Å². The Kier molecular flexibility index (Phi) is 4.82. The van der Waals surface area contributed by atoms with Gasteiger partial charge in [0, 0.05) is 0 Å². The van der Waals surface area contributed by atoms with E-state index in [9.17, 15) is 19.1 Å². The quantitative estimate of drug-likeness (QED) is 0.817. The van der Waals surface area contributed by atoms with Crippen LogP contribution in [0, 0.1) is 5.82 Å². The molecule has 19 heavy (non-hydrogen) atoms. The molecule has 0 aliphatic heterocycles. The Morgan fingerprint density at radius 2 is 1.84 bits per heavy atom. The predicted octanol–water partition coefficient (Wildman–Crippen LogP) is 0.827. The molecule has 1 N–H and O–H groups in total. The molecule has 0 aliphatic carbocycles. The lowest BCUT2D eigenvalue weighted by molar-refractivity contribution is -0.150. The molecule has 1 atom stereocenters. The summed E-state index contributed by atoms with van der Waals surface area (Å²) in [6, 6.07) is 1.99. The summed E-state index contributed by atoms with van der Waals surface area (Å²) in [6.45, 7) is 0. The molecule has 1 unspecified atom stereocenters. The van der Waals surface area contributed by atoms with Crippen molar-refractivity contribution in [1.82, 2.24) is 0 Å². The number of rotatable bonds is 4. The Hall–Kier alpha value is -2.15. The van der Waals surface area contributed by atoms with Crippen molar-refractivity contribution in [3.63, 3.8) is 0 Å². The summed E-state index contributed by atoms with van der Waals surface area (Å²) in [5, 5.41) is 9.62. The Bertz CT molecular complexity index is 499. The number of methoxy groups -OCH3 is 3. The average Bonchev–Trinajstić information content (AvgIpc) is 2.43. The number of aliphatic hydroxyl groups excluding tert-OH is 1. The van der Waals surface area contributed by atoms with E-state index >= 15 is 0 Å². The molecular formula is C12H13FO6. The normalized spacial score (nSPS) is 11.6. The molecular weight excluding hydrogens is 259 g/mol. The molecule has 0 saturated carbocycles. The lowest BCUT2D eigenvalue weighted by Gasteiger charge is -2.13. The number of halogens is 1. The summed E-state index contributed by atoms with van der Waals surface area (Å²) < 4.78 is 27.3. The van der Waals surface area contributed by atoms with Gasteiger partial charge < -0.3 is 19.3 Å². The fourth-order valence-electron chi connectivity index (χ4n) is 1.49. The Balaban J connectivity index is 3.34. The van der Waals surface area contributed by atoms with E-state index in [1.54, 1.807) is 0 Å². The molecule has 0 aromatic heterocycles. The van der Waals surface area contributed by atoms with Crippen LogP contribution in [0.15, 0.2) is 12.1 Å². The van der Waals surface area contributed by atoms with E-state index in [2.05, 4.69) is 9.47 Å². The molecule has 0 aliphatic rings. The zero-order valence-electron chi connectivity index (χ0n) is 10.6. The minimum absolute atomic E-state index is 0.134. The highest BCUT2D eigenvalue weighted by Gasteiger charge is 2.24. The molecule has 1 aromatic carbocycles. The van der Waals surface area contributed by atoms with E-state index in [-0.39, 0.29) is 16.9 Å². The number of ether oxygens (including phenoxy) is 3. The van der Waals surface area contributed by atoms with E-state index in [4.69, 9.17) is 4.74 Å². The number of hydrogen-bond acceptors (Lipinski definition) is 6. The van der Waals surface area contributed by atoms with Gasteiger partial charge >= 0.3 is 11.9 Å². The second-order valence-corrected chi connectivity index (χ2v) is 3.50. The van der Waals surface area contributed by atoms with Gasteiger partial charge in [-0.05, 0) is 17.7 Å². The predicted molar refractivity (Wildman–Crippen MR) is 61.3 cm³/mol. The Labute approximate surface area is 108 Å². The third-order valence-corrected chi connectivity index (χ3v) is 2.42. The van der Waals surface area contributed by atoms with Gasteiger partial charge in [-0.3, -0.25) is 0 Å². The van der Waals surface area contributed by atoms with Crippen LogP contribution in [0.5, 0.6) is 5.75 Å². The van der Waals surface area contributed by atoms with Crippen molar-refractivity contribution in [2.24, 2.45) is 0 Å². The van der Waals surface area contributed by atoms with Crippen LogP contribution >= 0.6 is 0 Å². The SMILES string of the molecule is COC(=O)c1cc(C(O)C(=O)OC)cc(F)c1OC. The van der Waals surface area contributed by atoms with E-state index in [1.807, 2.05) is 0 Å². The molecule has 6 nitrogen and oxygen atoms in total. The van der Waals surface area contributed by atoms with Crippen molar-refractivity contribution in [2.45, 2.75) is 6.10 Å². The highest BCUT2D eigenvalue weighted by molar-refractivity contribution is 5.93. The number of hydrogen-bond donors (Lipinski definition) is 1. The zero-order chi connectivity index (χ0) is 14.6. The lowest BCUT2D eigenvalue weighted by atomic mass is 10.0. The van der Waals surface area contributed by atoms with Crippen LogP contribution < -0.4 is 4.74 Å². The number of carbonyl (C=O) groups is 2. The summed E-state index contributed by atoms with van der Waals surface area (Å²) in [7, 11) is 3.37. The first-order chi connectivity index (χ1) is 8.96. The first kappa shape index (κ1) is 14.9. The largest absolute Gasteiger partial charge is 0.493 e. The molecule has 1 aromatic rings. The molecule has 7 heteroatoms. The van der Waals surface area contributed by atoms with E-state index in [0.29, 0.717) is 0 Å². The van der Waals surface area contributed by atoms with Crippen LogP contribution in [-0.2, 0) is 14.3 Å². The van der Waals surface area contributed by atoms with Crippen molar-refractivity contribution in [2.75, 3.05) is 21.3 Å². The maximum atomic E-state index is 13.7. The van der Waals surface area contributed by atoms with Gasteiger partial charge in [-0.1, -0.05) is 0 Å². The highest BCUT2D eigenvalue weighted by atomic mass is 19.1. The molecule has 0 radical (unpaired) electrons. The van der Waals surface area contributed by atoms with E-state index in [1.165, 1.54) is 7.11 Å². The fraction of sp³-hybridized carbons (Fsp3) is 0.333. The fourth-order valence-corrected chi connectivity index (χ4v) is 1.49. The Morgan fingerprint density at radius 1 is 1.21 bits per heavy atom. The van der Waals surface area contributed by atoms with Crippen LogP contribution in [0.2, 0.25) is 0 Å². The van der Waals surface area contributed by atoms with Crippen LogP contribution in [0.1, 0.15) is 22.0 Å². The molecule has 0 bridgehead atoms. The van der Waals surface area contributed by atoms with Gasteiger partial charge in [0.2, 0.25) is 0 Å². The van der Waals surface area contributed by atoms with Gasteiger partial charge in [-0.2, -0.15) is 0 Å². The lowest BCUT2D eigenvalue weighted by Crippen LogP contribution is -2.15. The maximum Gasteiger partial charge on any atom is 0.341 e. The van der Waals surface area contributed by atoms with Gasteiger partial charge in [0.15, 0.2) is 17.7 Å². The maximum absolute atomic E-state index is 13.7. The molecule has 0 heterocycles. The summed E-state index contributed by atoms with van der Waals surface area (Å²) in [5.74, 6) is -3.05. The summed E-state index contributed by atoms with van der Waals surface area (Å²) in [4.78, 5) is 22.7. The molecule has 0 amide bonds. The highest BCUT2D eigenvalue weighted by Crippen LogP contribution is 2.28.